The molecule has 0 aliphatic rings. The second-order valence-corrected chi connectivity index (χ2v) is 7.45. The first-order chi connectivity index (χ1) is 10.2. The standard InChI is InChI=1S/C16H18N2O3S/c1-5-16(3,4)15-14(10-19)18(11-17-15)22(20,21)13-8-6-12(2)7-9-13/h5-11H,1H2,2-4H3. The largest absolute Gasteiger partial charge is 0.296 e. The number of hydrogen-bond acceptors (Lipinski definition) is 4. The number of carbonyl (C=O) groups is 1. The molecule has 1 aromatic carbocycles. The van der Waals surface area contributed by atoms with Crippen molar-refractivity contribution in [3.63, 3.8) is 0 Å². The van der Waals surface area contributed by atoms with E-state index < -0.39 is 15.4 Å². The van der Waals surface area contributed by atoms with Gasteiger partial charge in [-0.1, -0.05) is 37.6 Å². The van der Waals surface area contributed by atoms with Gasteiger partial charge in [-0.2, -0.15) is 0 Å². The highest BCUT2D eigenvalue weighted by Gasteiger charge is 2.29. The number of nitrogens with zero attached hydrogens (tertiary/aromatic N) is 2. The van der Waals surface area contributed by atoms with Gasteiger partial charge in [0.25, 0.3) is 10.0 Å². The Morgan fingerprint density at radius 3 is 2.32 bits per heavy atom. The molecular weight excluding hydrogens is 300 g/mol. The fraction of sp³-hybridized carbons (Fsp3) is 0.250. The Hall–Kier alpha value is -2.21. The molecule has 0 atom stereocenters. The molecule has 2 rings (SSSR count). The lowest BCUT2D eigenvalue weighted by Crippen LogP contribution is -2.20. The second kappa shape index (κ2) is 5.53. The van der Waals surface area contributed by atoms with Crippen LogP contribution >= 0.6 is 0 Å². The monoisotopic (exact) mass is 318 g/mol. The number of rotatable bonds is 5. The van der Waals surface area contributed by atoms with E-state index in [0.29, 0.717) is 12.0 Å². The fourth-order valence-electron chi connectivity index (χ4n) is 2.06. The molecule has 0 unspecified atom stereocenters. The van der Waals surface area contributed by atoms with Crippen LogP contribution in [0.25, 0.3) is 0 Å². The Morgan fingerprint density at radius 2 is 1.82 bits per heavy atom. The van der Waals surface area contributed by atoms with Gasteiger partial charge >= 0.3 is 0 Å². The molecule has 5 nitrogen and oxygen atoms in total. The molecular formula is C16H18N2O3S. The van der Waals surface area contributed by atoms with Crippen molar-refractivity contribution in [2.75, 3.05) is 0 Å². The van der Waals surface area contributed by atoms with Crippen molar-refractivity contribution in [1.82, 2.24) is 8.96 Å². The van der Waals surface area contributed by atoms with Crippen LogP contribution in [0.15, 0.2) is 48.1 Å². The molecule has 0 aliphatic carbocycles. The third-order valence-corrected chi connectivity index (χ3v) is 5.26. The molecule has 2 aromatic rings. The summed E-state index contributed by atoms with van der Waals surface area (Å²) in [5.74, 6) is 0. The van der Waals surface area contributed by atoms with Gasteiger partial charge in [-0.25, -0.2) is 17.4 Å². The first-order valence-corrected chi connectivity index (χ1v) is 8.17. The van der Waals surface area contributed by atoms with E-state index in [-0.39, 0.29) is 10.6 Å². The average Bonchev–Trinajstić information content (AvgIpc) is 2.93. The summed E-state index contributed by atoms with van der Waals surface area (Å²) in [5.41, 5.74) is 0.747. The molecule has 0 N–H and O–H groups in total. The normalized spacial score (nSPS) is 12.1. The van der Waals surface area contributed by atoms with Crippen molar-refractivity contribution in [1.29, 1.82) is 0 Å². The van der Waals surface area contributed by atoms with Gasteiger partial charge in [-0.05, 0) is 19.1 Å². The highest BCUT2D eigenvalue weighted by Crippen LogP contribution is 2.27. The molecule has 0 spiro atoms. The predicted octanol–water partition coefficient (Wildman–Crippen LogP) is 2.70. The molecule has 0 bridgehead atoms. The molecule has 6 heteroatoms. The van der Waals surface area contributed by atoms with Crippen molar-refractivity contribution in [2.24, 2.45) is 0 Å². The first-order valence-electron chi connectivity index (χ1n) is 6.73. The maximum atomic E-state index is 12.7. The molecule has 22 heavy (non-hydrogen) atoms. The highest BCUT2D eigenvalue weighted by molar-refractivity contribution is 7.90. The number of hydrogen-bond donors (Lipinski definition) is 0. The van der Waals surface area contributed by atoms with Crippen LogP contribution in [0.1, 0.15) is 35.6 Å². The van der Waals surface area contributed by atoms with Crippen LogP contribution in [0, 0.1) is 6.92 Å². The molecule has 0 aliphatic heterocycles. The van der Waals surface area contributed by atoms with E-state index in [1.165, 1.54) is 18.5 Å². The summed E-state index contributed by atoms with van der Waals surface area (Å²) in [5, 5.41) is 0. The Labute approximate surface area is 130 Å². The Morgan fingerprint density at radius 1 is 1.23 bits per heavy atom. The van der Waals surface area contributed by atoms with Crippen LogP contribution in [0.2, 0.25) is 0 Å². The van der Waals surface area contributed by atoms with E-state index in [9.17, 15) is 13.2 Å². The molecule has 116 valence electrons. The summed E-state index contributed by atoms with van der Waals surface area (Å²) < 4.78 is 26.3. The van der Waals surface area contributed by atoms with Crippen molar-refractivity contribution in [3.05, 3.63) is 60.2 Å². The van der Waals surface area contributed by atoms with Gasteiger partial charge < -0.3 is 0 Å². The van der Waals surface area contributed by atoms with Gasteiger partial charge in [-0.3, -0.25) is 4.79 Å². The summed E-state index contributed by atoms with van der Waals surface area (Å²) in [6.45, 7) is 9.21. The topological polar surface area (TPSA) is 69.0 Å². The SMILES string of the molecule is C=CC(C)(C)c1ncn(S(=O)(=O)c2ccc(C)cc2)c1C=O. The molecule has 0 saturated carbocycles. The van der Waals surface area contributed by atoms with E-state index in [0.717, 1.165) is 9.54 Å². The second-order valence-electron chi connectivity index (χ2n) is 5.64. The van der Waals surface area contributed by atoms with Crippen LogP contribution in [0.5, 0.6) is 0 Å². The minimum Gasteiger partial charge on any atom is -0.296 e. The Kier molecular flexibility index (Phi) is 4.06. The van der Waals surface area contributed by atoms with E-state index in [4.69, 9.17) is 0 Å². The van der Waals surface area contributed by atoms with E-state index in [1.807, 2.05) is 20.8 Å². The Balaban J connectivity index is 2.65. The zero-order chi connectivity index (χ0) is 16.5. The van der Waals surface area contributed by atoms with E-state index in [2.05, 4.69) is 11.6 Å². The summed E-state index contributed by atoms with van der Waals surface area (Å²) in [6.07, 6.45) is 3.31. The number of carbonyl (C=O) groups excluding carboxylic acids is 1. The zero-order valence-corrected chi connectivity index (χ0v) is 13.6. The van der Waals surface area contributed by atoms with Crippen LogP contribution in [0.3, 0.4) is 0 Å². The fourth-order valence-corrected chi connectivity index (χ4v) is 3.33. The van der Waals surface area contributed by atoms with E-state index in [1.54, 1.807) is 18.2 Å². The van der Waals surface area contributed by atoms with Gasteiger partial charge in [0, 0.05) is 5.41 Å². The molecule has 1 heterocycles. The van der Waals surface area contributed by atoms with Crippen molar-refractivity contribution in [3.8, 4) is 0 Å². The smallest absolute Gasteiger partial charge is 0.269 e. The quantitative estimate of drug-likeness (QED) is 0.628. The van der Waals surface area contributed by atoms with Gasteiger partial charge in [0.2, 0.25) is 0 Å². The minimum atomic E-state index is -3.86. The summed E-state index contributed by atoms with van der Waals surface area (Å²) in [4.78, 5) is 15.7. The summed E-state index contributed by atoms with van der Waals surface area (Å²) in [7, 11) is -3.86. The minimum absolute atomic E-state index is 0.0190. The number of imidazole rings is 1. The number of benzene rings is 1. The maximum absolute atomic E-state index is 12.7. The van der Waals surface area contributed by atoms with Gasteiger partial charge in [-0.15, -0.1) is 6.58 Å². The lowest BCUT2D eigenvalue weighted by atomic mass is 9.88. The first kappa shape index (κ1) is 16.2. The van der Waals surface area contributed by atoms with Gasteiger partial charge in [0.05, 0.1) is 10.6 Å². The summed E-state index contributed by atoms with van der Waals surface area (Å²) in [6, 6.07) is 6.44. The third kappa shape index (κ3) is 2.62. The van der Waals surface area contributed by atoms with Crippen LogP contribution in [-0.4, -0.2) is 23.7 Å². The summed E-state index contributed by atoms with van der Waals surface area (Å²) >= 11 is 0. The number of aromatic nitrogens is 2. The number of aldehydes is 1. The Bertz CT molecular complexity index is 816. The molecule has 0 fully saturated rings. The van der Waals surface area contributed by atoms with Gasteiger partial charge in [0.1, 0.15) is 12.0 Å². The molecule has 0 amide bonds. The van der Waals surface area contributed by atoms with Crippen LogP contribution in [-0.2, 0) is 15.4 Å². The third-order valence-electron chi connectivity index (χ3n) is 3.58. The van der Waals surface area contributed by atoms with Crippen LogP contribution in [0.4, 0.5) is 0 Å². The van der Waals surface area contributed by atoms with Crippen LogP contribution < -0.4 is 0 Å². The number of aryl methyl sites for hydroxylation is 1. The molecule has 0 radical (unpaired) electrons. The van der Waals surface area contributed by atoms with Gasteiger partial charge in [0.15, 0.2) is 6.29 Å². The zero-order valence-electron chi connectivity index (χ0n) is 12.8. The molecule has 0 saturated heterocycles. The van der Waals surface area contributed by atoms with E-state index >= 15 is 0 Å². The number of allylic oxidation sites excluding steroid dienone is 1. The van der Waals surface area contributed by atoms with Crippen molar-refractivity contribution in [2.45, 2.75) is 31.1 Å². The van der Waals surface area contributed by atoms with Crippen molar-refractivity contribution >= 4 is 16.3 Å². The highest BCUT2D eigenvalue weighted by atomic mass is 32.2. The lowest BCUT2D eigenvalue weighted by Gasteiger charge is -2.18. The lowest BCUT2D eigenvalue weighted by molar-refractivity contribution is 0.111. The maximum Gasteiger partial charge on any atom is 0.269 e. The van der Waals surface area contributed by atoms with Crippen molar-refractivity contribution < 1.29 is 13.2 Å². The molecule has 1 aromatic heterocycles. The predicted molar refractivity (Wildman–Crippen MR) is 84.6 cm³/mol. The average molecular weight is 318 g/mol.